The molecule has 0 aliphatic rings. The number of ether oxygens (including phenoxy) is 2. The van der Waals surface area contributed by atoms with E-state index in [0.717, 1.165) is 0 Å². The number of hydrogen-bond donors (Lipinski definition) is 2. The third kappa shape index (κ3) is 3.96. The molecule has 2 aromatic rings. The van der Waals surface area contributed by atoms with Crippen molar-refractivity contribution < 1.29 is 14.3 Å². The highest BCUT2D eigenvalue weighted by molar-refractivity contribution is 6.42. The van der Waals surface area contributed by atoms with E-state index in [9.17, 15) is 4.79 Å². The van der Waals surface area contributed by atoms with Gasteiger partial charge in [-0.05, 0) is 30.3 Å². The Morgan fingerprint density at radius 2 is 1.73 bits per heavy atom. The molecule has 2 N–H and O–H groups in total. The summed E-state index contributed by atoms with van der Waals surface area (Å²) in [7, 11) is 3.06. The van der Waals surface area contributed by atoms with Gasteiger partial charge in [0.05, 0.1) is 30.0 Å². The molecule has 0 aromatic heterocycles. The number of methoxy groups -OCH3 is 2. The van der Waals surface area contributed by atoms with Crippen LogP contribution in [0.2, 0.25) is 10.0 Å². The van der Waals surface area contributed by atoms with Crippen LogP contribution in [0, 0.1) is 0 Å². The van der Waals surface area contributed by atoms with Crippen molar-refractivity contribution in [1.29, 1.82) is 0 Å². The van der Waals surface area contributed by atoms with Crippen molar-refractivity contribution in [2.75, 3.05) is 24.9 Å². The Morgan fingerprint density at radius 1 is 0.955 bits per heavy atom. The quantitative estimate of drug-likeness (QED) is 0.851. The molecule has 0 atom stereocenters. The van der Waals surface area contributed by atoms with E-state index in [1.54, 1.807) is 43.5 Å². The van der Waals surface area contributed by atoms with Crippen LogP contribution in [0.1, 0.15) is 0 Å². The van der Waals surface area contributed by atoms with Crippen LogP contribution in [0.5, 0.6) is 11.5 Å². The highest BCUT2D eigenvalue weighted by Crippen LogP contribution is 2.29. The number of halogens is 2. The molecule has 0 saturated carbocycles. The van der Waals surface area contributed by atoms with Crippen LogP contribution in [0.4, 0.5) is 16.2 Å². The number of carbonyl (C=O) groups is 1. The normalized spacial score (nSPS) is 10.0. The first-order chi connectivity index (χ1) is 10.5. The van der Waals surface area contributed by atoms with E-state index in [0.29, 0.717) is 32.9 Å². The number of rotatable bonds is 4. The van der Waals surface area contributed by atoms with Crippen molar-refractivity contribution in [2.45, 2.75) is 0 Å². The standard InChI is InChI=1S/C15H14Cl2N2O3/c1-21-10-4-6-14(22-2)13(8-10)19-15(20)18-9-3-5-11(16)12(17)7-9/h3-8H,1-2H3,(H2,18,19,20). The molecule has 0 heterocycles. The summed E-state index contributed by atoms with van der Waals surface area (Å²) in [5, 5.41) is 6.12. The molecule has 0 bridgehead atoms. The van der Waals surface area contributed by atoms with Crippen molar-refractivity contribution in [3.05, 3.63) is 46.4 Å². The second kappa shape index (κ2) is 7.24. The summed E-state index contributed by atoms with van der Waals surface area (Å²) in [4.78, 5) is 12.1. The maximum Gasteiger partial charge on any atom is 0.323 e. The summed E-state index contributed by atoms with van der Waals surface area (Å²) in [6.07, 6.45) is 0. The first-order valence-electron chi connectivity index (χ1n) is 6.28. The zero-order chi connectivity index (χ0) is 16.1. The van der Waals surface area contributed by atoms with Gasteiger partial charge >= 0.3 is 6.03 Å². The Hall–Kier alpha value is -2.11. The van der Waals surface area contributed by atoms with E-state index in [1.165, 1.54) is 7.11 Å². The fourth-order valence-corrected chi connectivity index (χ4v) is 2.07. The molecule has 7 heteroatoms. The third-order valence-electron chi connectivity index (χ3n) is 2.83. The minimum atomic E-state index is -0.440. The second-order valence-corrected chi connectivity index (χ2v) is 5.09. The van der Waals surface area contributed by atoms with Gasteiger partial charge in [0.2, 0.25) is 0 Å². The molecular formula is C15H14Cl2N2O3. The van der Waals surface area contributed by atoms with E-state index in [-0.39, 0.29) is 0 Å². The molecule has 0 radical (unpaired) electrons. The topological polar surface area (TPSA) is 59.6 Å². The molecule has 2 rings (SSSR count). The van der Waals surface area contributed by atoms with Crippen molar-refractivity contribution in [1.82, 2.24) is 0 Å². The van der Waals surface area contributed by atoms with Gasteiger partial charge in [-0.25, -0.2) is 4.79 Å². The predicted octanol–water partition coefficient (Wildman–Crippen LogP) is 4.65. The van der Waals surface area contributed by atoms with Gasteiger partial charge in [0.25, 0.3) is 0 Å². The average Bonchev–Trinajstić information content (AvgIpc) is 2.50. The number of amides is 2. The number of nitrogens with one attached hydrogen (secondary N) is 2. The Balaban J connectivity index is 2.12. The zero-order valence-corrected chi connectivity index (χ0v) is 13.5. The van der Waals surface area contributed by atoms with Gasteiger partial charge in [0.1, 0.15) is 11.5 Å². The Morgan fingerprint density at radius 3 is 2.36 bits per heavy atom. The largest absolute Gasteiger partial charge is 0.497 e. The molecule has 0 aliphatic carbocycles. The summed E-state index contributed by atoms with van der Waals surface area (Å²) >= 11 is 11.7. The summed E-state index contributed by atoms with van der Waals surface area (Å²) < 4.78 is 10.3. The number of carbonyl (C=O) groups excluding carboxylic acids is 1. The van der Waals surface area contributed by atoms with Gasteiger partial charge < -0.3 is 20.1 Å². The number of benzene rings is 2. The lowest BCUT2D eigenvalue weighted by Crippen LogP contribution is -2.19. The van der Waals surface area contributed by atoms with Crippen molar-refractivity contribution in [2.24, 2.45) is 0 Å². The molecule has 116 valence electrons. The fraction of sp³-hybridized carbons (Fsp3) is 0.133. The minimum absolute atomic E-state index is 0.360. The molecule has 0 saturated heterocycles. The van der Waals surface area contributed by atoms with E-state index in [2.05, 4.69) is 10.6 Å². The van der Waals surface area contributed by atoms with Crippen LogP contribution < -0.4 is 20.1 Å². The SMILES string of the molecule is COc1ccc(OC)c(NC(=O)Nc2ccc(Cl)c(Cl)c2)c1. The van der Waals surface area contributed by atoms with Crippen molar-refractivity contribution >= 4 is 40.6 Å². The second-order valence-electron chi connectivity index (χ2n) is 4.27. The number of urea groups is 1. The lowest BCUT2D eigenvalue weighted by atomic mass is 10.2. The van der Waals surface area contributed by atoms with Crippen LogP contribution in [-0.4, -0.2) is 20.3 Å². The molecule has 0 aliphatic heterocycles. The number of anilines is 2. The van der Waals surface area contributed by atoms with Gasteiger partial charge in [0, 0.05) is 11.8 Å². The summed E-state index contributed by atoms with van der Waals surface area (Å²) in [5.74, 6) is 1.12. The van der Waals surface area contributed by atoms with Gasteiger partial charge in [-0.3, -0.25) is 0 Å². The molecule has 0 unspecified atom stereocenters. The van der Waals surface area contributed by atoms with Crippen LogP contribution in [0.25, 0.3) is 0 Å². The monoisotopic (exact) mass is 340 g/mol. The molecule has 0 fully saturated rings. The summed E-state index contributed by atoms with van der Waals surface area (Å²) in [6.45, 7) is 0. The molecule has 2 aromatic carbocycles. The van der Waals surface area contributed by atoms with Crippen LogP contribution in [-0.2, 0) is 0 Å². The van der Waals surface area contributed by atoms with Crippen molar-refractivity contribution in [3.63, 3.8) is 0 Å². The highest BCUT2D eigenvalue weighted by atomic mass is 35.5. The molecule has 0 spiro atoms. The minimum Gasteiger partial charge on any atom is -0.497 e. The lowest BCUT2D eigenvalue weighted by molar-refractivity contribution is 0.262. The molecular weight excluding hydrogens is 327 g/mol. The summed E-state index contributed by atoms with van der Waals surface area (Å²) in [6, 6.07) is 9.47. The molecule has 22 heavy (non-hydrogen) atoms. The zero-order valence-electron chi connectivity index (χ0n) is 11.9. The van der Waals surface area contributed by atoms with Crippen LogP contribution in [0.15, 0.2) is 36.4 Å². The van der Waals surface area contributed by atoms with E-state index < -0.39 is 6.03 Å². The first-order valence-corrected chi connectivity index (χ1v) is 7.04. The Labute approximate surface area is 138 Å². The van der Waals surface area contributed by atoms with Crippen LogP contribution in [0.3, 0.4) is 0 Å². The Bertz CT molecular complexity index is 692. The molecule has 2 amide bonds. The third-order valence-corrected chi connectivity index (χ3v) is 3.57. The molecule has 5 nitrogen and oxygen atoms in total. The fourth-order valence-electron chi connectivity index (χ4n) is 1.77. The first kappa shape index (κ1) is 16.3. The van der Waals surface area contributed by atoms with Gasteiger partial charge in [-0.1, -0.05) is 23.2 Å². The highest BCUT2D eigenvalue weighted by Gasteiger charge is 2.10. The predicted molar refractivity (Wildman–Crippen MR) is 88.6 cm³/mol. The van der Waals surface area contributed by atoms with E-state index in [4.69, 9.17) is 32.7 Å². The average molecular weight is 341 g/mol. The van der Waals surface area contributed by atoms with E-state index in [1.807, 2.05) is 0 Å². The van der Waals surface area contributed by atoms with Crippen LogP contribution >= 0.6 is 23.2 Å². The summed E-state index contributed by atoms with van der Waals surface area (Å²) in [5.41, 5.74) is 1.01. The maximum atomic E-state index is 12.1. The lowest BCUT2D eigenvalue weighted by Gasteiger charge is -2.12. The van der Waals surface area contributed by atoms with Gasteiger partial charge in [-0.15, -0.1) is 0 Å². The maximum absolute atomic E-state index is 12.1. The Kier molecular flexibility index (Phi) is 5.35. The van der Waals surface area contributed by atoms with Gasteiger partial charge in [0.15, 0.2) is 0 Å². The smallest absolute Gasteiger partial charge is 0.323 e. The van der Waals surface area contributed by atoms with E-state index >= 15 is 0 Å². The van der Waals surface area contributed by atoms with Gasteiger partial charge in [-0.2, -0.15) is 0 Å². The number of hydrogen-bond acceptors (Lipinski definition) is 3. The van der Waals surface area contributed by atoms with Crippen molar-refractivity contribution in [3.8, 4) is 11.5 Å².